The Bertz CT molecular complexity index is 817. The first kappa shape index (κ1) is 14.8. The van der Waals surface area contributed by atoms with Crippen molar-refractivity contribution in [2.24, 2.45) is 0 Å². The van der Waals surface area contributed by atoms with Crippen LogP contribution in [0.1, 0.15) is 16.5 Å². The Morgan fingerprint density at radius 2 is 1.57 bits per heavy atom. The minimum Gasteiger partial charge on any atom is -0.205 e. The smallest absolute Gasteiger partial charge is 0.142 e. The largest absolute Gasteiger partial charge is 0.205 e. The second kappa shape index (κ2) is 5.96. The molecule has 1 unspecified atom stereocenters. The molecular formula is C17H10BrCl2F. The summed E-state index contributed by atoms with van der Waals surface area (Å²) < 4.78 is 14.6. The molecule has 0 nitrogen and oxygen atoms in total. The molecule has 0 bridgehead atoms. The minimum atomic E-state index is -0.508. The topological polar surface area (TPSA) is 0 Å². The van der Waals surface area contributed by atoms with Gasteiger partial charge in [-0.2, -0.15) is 0 Å². The van der Waals surface area contributed by atoms with Gasteiger partial charge in [-0.3, -0.25) is 0 Å². The van der Waals surface area contributed by atoms with Crippen molar-refractivity contribution >= 4 is 49.9 Å². The summed E-state index contributed by atoms with van der Waals surface area (Å²) in [7, 11) is 0. The fourth-order valence-corrected chi connectivity index (χ4v) is 3.53. The van der Waals surface area contributed by atoms with Crippen molar-refractivity contribution in [1.82, 2.24) is 0 Å². The van der Waals surface area contributed by atoms with Crippen molar-refractivity contribution in [3.05, 3.63) is 81.0 Å². The fraction of sp³-hybridized carbons (Fsp3) is 0.0588. The van der Waals surface area contributed by atoms with Crippen LogP contribution in [0.4, 0.5) is 4.39 Å². The van der Waals surface area contributed by atoms with E-state index in [-0.39, 0.29) is 5.02 Å². The van der Waals surface area contributed by atoms with E-state index in [1.165, 1.54) is 6.07 Å². The molecule has 21 heavy (non-hydrogen) atoms. The second-order valence-corrected chi connectivity index (χ2v) is 6.36. The Hall–Kier alpha value is -1.09. The van der Waals surface area contributed by atoms with E-state index >= 15 is 0 Å². The van der Waals surface area contributed by atoms with Gasteiger partial charge in [0.15, 0.2) is 0 Å². The lowest BCUT2D eigenvalue weighted by Gasteiger charge is -2.15. The molecule has 0 spiro atoms. The molecule has 0 saturated heterocycles. The normalized spacial score (nSPS) is 12.6. The average molecular weight is 384 g/mol. The van der Waals surface area contributed by atoms with Crippen LogP contribution in [0.5, 0.6) is 0 Å². The number of hydrogen-bond donors (Lipinski definition) is 0. The SMILES string of the molecule is Fc1cccc(C(Cl)c2ccc(Br)c3ccccc23)c1Cl. The molecule has 3 rings (SSSR count). The first-order chi connectivity index (χ1) is 10.1. The highest BCUT2D eigenvalue weighted by Gasteiger charge is 2.19. The van der Waals surface area contributed by atoms with Crippen molar-refractivity contribution in [3.8, 4) is 0 Å². The van der Waals surface area contributed by atoms with Crippen LogP contribution in [0.3, 0.4) is 0 Å². The van der Waals surface area contributed by atoms with Crippen molar-refractivity contribution in [2.45, 2.75) is 5.38 Å². The standard InChI is InChI=1S/C17H10BrCl2F/c18-14-9-8-12(10-4-1-2-5-11(10)14)16(19)13-6-3-7-15(21)17(13)20/h1-9,16H. The van der Waals surface area contributed by atoms with Crippen LogP contribution in [0.2, 0.25) is 5.02 Å². The van der Waals surface area contributed by atoms with Gasteiger partial charge in [-0.05, 0) is 34.0 Å². The molecule has 4 heteroatoms. The van der Waals surface area contributed by atoms with Crippen LogP contribution in [0.25, 0.3) is 10.8 Å². The van der Waals surface area contributed by atoms with Crippen molar-refractivity contribution in [1.29, 1.82) is 0 Å². The van der Waals surface area contributed by atoms with Crippen LogP contribution in [-0.4, -0.2) is 0 Å². The Kier molecular flexibility index (Phi) is 4.21. The molecule has 106 valence electrons. The summed E-state index contributed by atoms with van der Waals surface area (Å²) in [5, 5.41) is 1.65. The van der Waals surface area contributed by atoms with Gasteiger partial charge in [0.1, 0.15) is 5.82 Å². The molecule has 0 N–H and O–H groups in total. The van der Waals surface area contributed by atoms with E-state index in [4.69, 9.17) is 23.2 Å². The number of rotatable bonds is 2. The lowest BCUT2D eigenvalue weighted by molar-refractivity contribution is 0.626. The van der Waals surface area contributed by atoms with Gasteiger partial charge in [0.2, 0.25) is 0 Å². The Labute approximate surface area is 140 Å². The Morgan fingerprint density at radius 1 is 0.857 bits per heavy atom. The summed E-state index contributed by atoms with van der Waals surface area (Å²) in [6, 6.07) is 16.5. The summed E-state index contributed by atoms with van der Waals surface area (Å²) in [5.41, 5.74) is 1.48. The van der Waals surface area contributed by atoms with Crippen LogP contribution < -0.4 is 0 Å². The summed E-state index contributed by atoms with van der Waals surface area (Å²) in [6.45, 7) is 0. The van der Waals surface area contributed by atoms with Gasteiger partial charge in [-0.1, -0.05) is 70.0 Å². The van der Waals surface area contributed by atoms with Crippen molar-refractivity contribution in [3.63, 3.8) is 0 Å². The Balaban J connectivity index is 2.21. The molecule has 1 atom stereocenters. The third kappa shape index (κ3) is 2.68. The molecule has 0 saturated carbocycles. The first-order valence-electron chi connectivity index (χ1n) is 6.34. The zero-order chi connectivity index (χ0) is 15.0. The maximum absolute atomic E-state index is 13.6. The van der Waals surface area contributed by atoms with Crippen molar-refractivity contribution < 1.29 is 4.39 Å². The molecule has 0 aliphatic carbocycles. The molecule has 3 aromatic carbocycles. The first-order valence-corrected chi connectivity index (χ1v) is 7.95. The molecule has 0 aromatic heterocycles. The van der Waals surface area contributed by atoms with E-state index < -0.39 is 11.2 Å². The summed E-state index contributed by atoms with van der Waals surface area (Å²) in [6.07, 6.45) is 0. The van der Waals surface area contributed by atoms with Gasteiger partial charge in [0.05, 0.1) is 10.4 Å². The molecule has 0 radical (unpaired) electrons. The summed E-state index contributed by atoms with van der Waals surface area (Å²) in [5.74, 6) is -0.457. The molecule has 0 aliphatic heterocycles. The zero-order valence-electron chi connectivity index (χ0n) is 10.8. The van der Waals surface area contributed by atoms with E-state index in [9.17, 15) is 4.39 Å². The molecule has 0 heterocycles. The maximum Gasteiger partial charge on any atom is 0.142 e. The minimum absolute atomic E-state index is 0.0736. The summed E-state index contributed by atoms with van der Waals surface area (Å²) >= 11 is 16.2. The lowest BCUT2D eigenvalue weighted by atomic mass is 9.98. The van der Waals surface area contributed by atoms with E-state index in [0.717, 1.165) is 20.8 Å². The predicted molar refractivity (Wildman–Crippen MR) is 90.8 cm³/mol. The fourth-order valence-electron chi connectivity index (χ4n) is 2.39. The highest BCUT2D eigenvalue weighted by atomic mass is 79.9. The third-order valence-electron chi connectivity index (χ3n) is 3.43. The number of alkyl halides is 1. The van der Waals surface area contributed by atoms with Gasteiger partial charge in [0.25, 0.3) is 0 Å². The van der Waals surface area contributed by atoms with E-state index in [1.54, 1.807) is 12.1 Å². The number of hydrogen-bond acceptors (Lipinski definition) is 0. The quantitative estimate of drug-likeness (QED) is 0.430. The predicted octanol–water partition coefficient (Wildman–Crippen LogP) is 6.72. The second-order valence-electron chi connectivity index (χ2n) is 4.69. The highest BCUT2D eigenvalue weighted by Crippen LogP contribution is 2.39. The number of fused-ring (bicyclic) bond motifs is 1. The van der Waals surface area contributed by atoms with E-state index in [0.29, 0.717) is 5.56 Å². The molecular weight excluding hydrogens is 374 g/mol. The lowest BCUT2D eigenvalue weighted by Crippen LogP contribution is -1.97. The van der Waals surface area contributed by atoms with Gasteiger partial charge in [-0.25, -0.2) is 4.39 Å². The molecule has 0 aliphatic rings. The molecule has 3 aromatic rings. The van der Waals surface area contributed by atoms with Gasteiger partial charge >= 0.3 is 0 Å². The highest BCUT2D eigenvalue weighted by molar-refractivity contribution is 9.10. The maximum atomic E-state index is 13.6. The number of benzene rings is 3. The average Bonchev–Trinajstić information content (AvgIpc) is 2.50. The van der Waals surface area contributed by atoms with E-state index in [1.807, 2.05) is 36.4 Å². The van der Waals surface area contributed by atoms with Gasteiger partial charge < -0.3 is 0 Å². The molecule has 0 amide bonds. The van der Waals surface area contributed by atoms with Gasteiger partial charge in [-0.15, -0.1) is 11.6 Å². The monoisotopic (exact) mass is 382 g/mol. The van der Waals surface area contributed by atoms with Crippen LogP contribution in [-0.2, 0) is 0 Å². The number of halogens is 4. The van der Waals surface area contributed by atoms with E-state index in [2.05, 4.69) is 15.9 Å². The van der Waals surface area contributed by atoms with Crippen LogP contribution in [0, 0.1) is 5.82 Å². The van der Waals surface area contributed by atoms with Crippen molar-refractivity contribution in [2.75, 3.05) is 0 Å². The zero-order valence-corrected chi connectivity index (χ0v) is 13.9. The third-order valence-corrected chi connectivity index (χ3v) is 4.99. The van der Waals surface area contributed by atoms with Crippen LogP contribution >= 0.6 is 39.1 Å². The summed E-state index contributed by atoms with van der Waals surface area (Å²) in [4.78, 5) is 0. The van der Waals surface area contributed by atoms with Gasteiger partial charge in [0, 0.05) is 4.47 Å². The van der Waals surface area contributed by atoms with Crippen LogP contribution in [0.15, 0.2) is 59.1 Å². The Morgan fingerprint density at radius 3 is 2.33 bits per heavy atom. The molecule has 0 fully saturated rings.